The number of hydrogen-bond donors (Lipinski definition) is 2. The summed E-state index contributed by atoms with van der Waals surface area (Å²) in [5.74, 6) is -0.603. The van der Waals surface area contributed by atoms with E-state index >= 15 is 0 Å². The summed E-state index contributed by atoms with van der Waals surface area (Å²) in [5.41, 5.74) is 0.647. The third kappa shape index (κ3) is 4.44. The second kappa shape index (κ2) is 8.87. The van der Waals surface area contributed by atoms with E-state index in [1.807, 2.05) is 36.4 Å². The molecule has 0 aliphatic heterocycles. The number of fused-ring (bicyclic) bond motifs is 1. The first-order valence-electron chi connectivity index (χ1n) is 8.37. The molecular weight excluding hydrogens is 450 g/mol. The van der Waals surface area contributed by atoms with E-state index in [0.29, 0.717) is 12.0 Å². The maximum atomic E-state index is 11.5. The van der Waals surface area contributed by atoms with Gasteiger partial charge >= 0.3 is 5.97 Å². The minimum Gasteiger partial charge on any atom is -0.760 e. The molecule has 0 saturated heterocycles. The van der Waals surface area contributed by atoms with Gasteiger partial charge in [0.15, 0.2) is 11.5 Å². The van der Waals surface area contributed by atoms with E-state index in [4.69, 9.17) is 9.15 Å². The highest BCUT2D eigenvalue weighted by Crippen LogP contribution is 2.49. The van der Waals surface area contributed by atoms with Crippen molar-refractivity contribution < 1.29 is 27.8 Å². The van der Waals surface area contributed by atoms with Gasteiger partial charge in [0.25, 0.3) is 0 Å². The summed E-state index contributed by atoms with van der Waals surface area (Å²) >= 11 is 1.03. The number of ether oxygens (including phenoxy) is 1. The minimum absolute atomic E-state index is 0.0828. The van der Waals surface area contributed by atoms with Crippen LogP contribution >= 0.6 is 15.9 Å². The smallest absolute Gasteiger partial charge is 0.308 e. The van der Waals surface area contributed by atoms with E-state index in [9.17, 15) is 18.7 Å². The lowest BCUT2D eigenvalue weighted by molar-refractivity contribution is -0.132. The number of carbonyl (C=O) groups is 1. The fourth-order valence-electron chi connectivity index (χ4n) is 2.88. The van der Waals surface area contributed by atoms with Crippen LogP contribution in [0.1, 0.15) is 23.9 Å². The highest BCUT2D eigenvalue weighted by atomic mass is 79.9. The van der Waals surface area contributed by atoms with Gasteiger partial charge in [0, 0.05) is 30.3 Å². The molecule has 1 heterocycles. The van der Waals surface area contributed by atoms with E-state index < -0.39 is 22.1 Å². The third-order valence-electron chi connectivity index (χ3n) is 4.05. The van der Waals surface area contributed by atoms with Crippen molar-refractivity contribution >= 4 is 43.9 Å². The maximum Gasteiger partial charge on any atom is 0.308 e. The number of halogens is 1. The van der Waals surface area contributed by atoms with Crippen LogP contribution in [-0.4, -0.2) is 26.4 Å². The quantitative estimate of drug-likeness (QED) is 0.309. The summed E-state index contributed by atoms with van der Waals surface area (Å²) in [6, 6.07) is 13.2. The van der Waals surface area contributed by atoms with Crippen LogP contribution in [0.5, 0.6) is 11.5 Å². The molecule has 0 fully saturated rings. The summed E-state index contributed by atoms with van der Waals surface area (Å²) in [6.07, 6.45) is 0.310. The van der Waals surface area contributed by atoms with Crippen LogP contribution in [-0.2, 0) is 16.1 Å². The normalized spacial score (nSPS) is 13.4. The molecular formula is C19H17BrNO6S-. The zero-order valence-corrected chi connectivity index (χ0v) is 17.2. The fourth-order valence-corrected chi connectivity index (χ4v) is 3.69. The summed E-state index contributed by atoms with van der Waals surface area (Å²) < 4.78 is 34.6. The molecule has 0 bridgehead atoms. The van der Waals surface area contributed by atoms with Crippen LogP contribution in [0.2, 0.25) is 0 Å². The summed E-state index contributed by atoms with van der Waals surface area (Å²) in [6.45, 7) is 1.36. The number of aromatic hydroxyl groups is 1. The SMILES string of the molecule is CC(=O)Oc1c(C(Br)CCNS(=O)[O-])oc(-c2cccc3ccccc23)c1O. The molecule has 1 aromatic heterocycles. The predicted octanol–water partition coefficient (Wildman–Crippen LogP) is 3.94. The van der Waals surface area contributed by atoms with E-state index in [1.165, 1.54) is 6.92 Å². The topological polar surface area (TPSA) is 112 Å². The van der Waals surface area contributed by atoms with E-state index in [2.05, 4.69) is 20.7 Å². The standard InChI is InChI=1S/C19H18BrNO6S/c1-11(22)26-19-16(23)17(27-18(19)15(20)9-10-21-28(24)25)14-8-4-6-12-5-2-3-7-13(12)14/h2-8,15,21,23H,9-10H2,1H3,(H,24,25)/p-1. The highest BCUT2D eigenvalue weighted by Gasteiger charge is 2.28. The predicted molar refractivity (Wildman–Crippen MR) is 108 cm³/mol. The lowest BCUT2D eigenvalue weighted by Gasteiger charge is -2.11. The number of rotatable bonds is 7. The Morgan fingerprint density at radius 2 is 2.04 bits per heavy atom. The van der Waals surface area contributed by atoms with Gasteiger partial charge in [0.05, 0.1) is 4.83 Å². The van der Waals surface area contributed by atoms with Crippen molar-refractivity contribution in [3.8, 4) is 22.8 Å². The molecule has 0 saturated carbocycles. The van der Waals surface area contributed by atoms with Crippen LogP contribution in [0.25, 0.3) is 22.1 Å². The van der Waals surface area contributed by atoms with E-state index in [-0.39, 0.29) is 29.6 Å². The van der Waals surface area contributed by atoms with Gasteiger partial charge in [-0.2, -0.15) is 0 Å². The van der Waals surface area contributed by atoms with Gasteiger partial charge in [-0.25, -0.2) is 4.72 Å². The molecule has 2 atom stereocenters. The highest BCUT2D eigenvalue weighted by molar-refractivity contribution is 9.09. The molecule has 7 nitrogen and oxygen atoms in total. The van der Waals surface area contributed by atoms with Crippen molar-refractivity contribution in [2.24, 2.45) is 0 Å². The molecule has 0 aliphatic carbocycles. The molecule has 2 aromatic carbocycles. The zero-order valence-electron chi connectivity index (χ0n) is 14.8. The monoisotopic (exact) mass is 466 g/mol. The Bertz CT molecular complexity index is 1030. The molecule has 0 spiro atoms. The first-order chi connectivity index (χ1) is 13.4. The molecule has 148 valence electrons. The van der Waals surface area contributed by atoms with Gasteiger partial charge in [-0.3, -0.25) is 9.00 Å². The van der Waals surface area contributed by atoms with Crippen molar-refractivity contribution in [1.82, 2.24) is 4.72 Å². The number of benzene rings is 2. The first kappa shape index (κ1) is 20.5. The van der Waals surface area contributed by atoms with Gasteiger partial charge in [0.2, 0.25) is 11.5 Å². The second-order valence-corrected chi connectivity index (χ2v) is 7.84. The van der Waals surface area contributed by atoms with Crippen molar-refractivity contribution in [2.45, 2.75) is 18.2 Å². The van der Waals surface area contributed by atoms with Gasteiger partial charge in [0.1, 0.15) is 0 Å². The Morgan fingerprint density at radius 1 is 1.32 bits per heavy atom. The summed E-state index contributed by atoms with van der Waals surface area (Å²) in [4.78, 5) is 11.0. The van der Waals surface area contributed by atoms with Gasteiger partial charge in [-0.1, -0.05) is 58.4 Å². The summed E-state index contributed by atoms with van der Waals surface area (Å²) in [7, 11) is 0. The Kier molecular flexibility index (Phi) is 6.50. The number of hydrogen-bond acceptors (Lipinski definition) is 6. The lowest BCUT2D eigenvalue weighted by atomic mass is 10.0. The first-order valence-corrected chi connectivity index (χ1v) is 10.4. The van der Waals surface area contributed by atoms with Crippen LogP contribution < -0.4 is 9.46 Å². The molecule has 2 unspecified atom stereocenters. The Morgan fingerprint density at radius 3 is 2.75 bits per heavy atom. The average Bonchev–Trinajstić information content (AvgIpc) is 2.97. The largest absolute Gasteiger partial charge is 0.760 e. The molecule has 9 heteroatoms. The molecule has 0 amide bonds. The van der Waals surface area contributed by atoms with Crippen molar-refractivity contribution in [1.29, 1.82) is 0 Å². The lowest BCUT2D eigenvalue weighted by Crippen LogP contribution is -2.18. The molecule has 3 rings (SSSR count). The number of furan rings is 1. The van der Waals surface area contributed by atoms with Crippen LogP contribution in [0, 0.1) is 0 Å². The number of nitrogens with one attached hydrogen (secondary N) is 1. The Balaban J connectivity index is 2.06. The van der Waals surface area contributed by atoms with Crippen molar-refractivity contribution in [3.63, 3.8) is 0 Å². The molecule has 28 heavy (non-hydrogen) atoms. The molecule has 0 radical (unpaired) electrons. The zero-order chi connectivity index (χ0) is 20.3. The summed E-state index contributed by atoms with van der Waals surface area (Å²) in [5, 5.41) is 12.6. The molecule has 2 N–H and O–H groups in total. The third-order valence-corrected chi connectivity index (χ3v) is 5.36. The number of carbonyl (C=O) groups excluding carboxylic acids is 1. The van der Waals surface area contributed by atoms with Gasteiger partial charge in [-0.15, -0.1) is 0 Å². The Hall–Kier alpha value is -2.20. The van der Waals surface area contributed by atoms with Crippen LogP contribution in [0.3, 0.4) is 0 Å². The molecule has 3 aromatic rings. The van der Waals surface area contributed by atoms with Crippen LogP contribution in [0.4, 0.5) is 0 Å². The fraction of sp³-hybridized carbons (Fsp3) is 0.211. The van der Waals surface area contributed by atoms with Crippen LogP contribution in [0.15, 0.2) is 46.9 Å². The van der Waals surface area contributed by atoms with Gasteiger partial charge in [-0.05, 0) is 17.2 Å². The minimum atomic E-state index is -2.38. The van der Waals surface area contributed by atoms with E-state index in [1.54, 1.807) is 6.07 Å². The maximum absolute atomic E-state index is 11.5. The second-order valence-electron chi connectivity index (χ2n) is 5.98. The number of esters is 1. The van der Waals surface area contributed by atoms with Crippen molar-refractivity contribution in [2.75, 3.05) is 6.54 Å². The average molecular weight is 467 g/mol. The van der Waals surface area contributed by atoms with Crippen molar-refractivity contribution in [3.05, 3.63) is 48.2 Å². The molecule has 0 aliphatic rings. The number of alkyl halides is 1. The Labute approximate surface area is 172 Å². The van der Waals surface area contributed by atoms with Gasteiger partial charge < -0.3 is 18.8 Å². The van der Waals surface area contributed by atoms with E-state index in [0.717, 1.165) is 10.8 Å².